The number of benzene rings is 1. The number of amides is 1. The summed E-state index contributed by atoms with van der Waals surface area (Å²) >= 11 is 0. The molecule has 0 atom stereocenters. The van der Waals surface area contributed by atoms with Crippen LogP contribution in [0, 0.1) is 5.41 Å². The second-order valence-corrected chi connectivity index (χ2v) is 5.98. The Morgan fingerprint density at radius 3 is 2.70 bits per heavy atom. The van der Waals surface area contributed by atoms with Crippen LogP contribution >= 0.6 is 12.4 Å². The SMILES string of the molecule is CCC1(CNC(=O)c2ccc3c(c2)CNC3)CCC1.Cl. The van der Waals surface area contributed by atoms with Gasteiger partial charge in [0.15, 0.2) is 0 Å². The van der Waals surface area contributed by atoms with Crippen molar-refractivity contribution in [3.05, 3.63) is 34.9 Å². The summed E-state index contributed by atoms with van der Waals surface area (Å²) in [5, 5.41) is 6.43. The highest BCUT2D eigenvalue weighted by molar-refractivity contribution is 5.94. The van der Waals surface area contributed by atoms with Crippen LogP contribution in [0.1, 0.15) is 54.1 Å². The van der Waals surface area contributed by atoms with Crippen LogP contribution in [-0.2, 0) is 13.1 Å². The van der Waals surface area contributed by atoms with Crippen molar-refractivity contribution in [2.75, 3.05) is 6.54 Å². The van der Waals surface area contributed by atoms with Crippen molar-refractivity contribution in [2.24, 2.45) is 5.41 Å². The Morgan fingerprint density at radius 1 is 1.30 bits per heavy atom. The molecule has 0 radical (unpaired) electrons. The number of nitrogens with one attached hydrogen (secondary N) is 2. The summed E-state index contributed by atoms with van der Waals surface area (Å²) < 4.78 is 0. The van der Waals surface area contributed by atoms with Crippen LogP contribution in [0.25, 0.3) is 0 Å². The van der Waals surface area contributed by atoms with Gasteiger partial charge in [0.25, 0.3) is 5.91 Å². The first-order valence-corrected chi connectivity index (χ1v) is 7.33. The molecule has 1 aliphatic heterocycles. The average Bonchev–Trinajstić information content (AvgIpc) is 2.84. The lowest BCUT2D eigenvalue weighted by Crippen LogP contribution is -2.41. The summed E-state index contributed by atoms with van der Waals surface area (Å²) in [7, 11) is 0. The molecule has 4 heteroatoms. The van der Waals surface area contributed by atoms with Gasteiger partial charge in [-0.25, -0.2) is 0 Å². The second-order valence-electron chi connectivity index (χ2n) is 5.98. The van der Waals surface area contributed by atoms with E-state index in [0.717, 1.165) is 25.2 Å². The Morgan fingerprint density at radius 2 is 2.05 bits per heavy atom. The van der Waals surface area contributed by atoms with Gasteiger partial charge in [-0.2, -0.15) is 0 Å². The number of rotatable bonds is 4. The van der Waals surface area contributed by atoms with Crippen LogP contribution in [0.15, 0.2) is 18.2 Å². The van der Waals surface area contributed by atoms with Gasteiger partial charge >= 0.3 is 0 Å². The predicted molar refractivity (Wildman–Crippen MR) is 83.1 cm³/mol. The van der Waals surface area contributed by atoms with Gasteiger partial charge in [0.1, 0.15) is 0 Å². The van der Waals surface area contributed by atoms with Crippen molar-refractivity contribution in [1.29, 1.82) is 0 Å². The monoisotopic (exact) mass is 294 g/mol. The molecule has 0 aromatic heterocycles. The zero-order valence-electron chi connectivity index (χ0n) is 12.0. The van der Waals surface area contributed by atoms with E-state index in [1.54, 1.807) is 0 Å². The Kier molecular flexibility index (Phi) is 4.71. The first kappa shape index (κ1) is 15.3. The number of carbonyl (C=O) groups excluding carboxylic acids is 1. The summed E-state index contributed by atoms with van der Waals surface area (Å²) in [4.78, 5) is 12.2. The van der Waals surface area contributed by atoms with E-state index in [-0.39, 0.29) is 18.3 Å². The topological polar surface area (TPSA) is 41.1 Å². The fourth-order valence-electron chi connectivity index (χ4n) is 3.14. The first-order chi connectivity index (χ1) is 9.22. The zero-order chi connectivity index (χ0) is 13.3. The Balaban J connectivity index is 0.00000147. The van der Waals surface area contributed by atoms with E-state index < -0.39 is 0 Å². The molecule has 2 aliphatic rings. The highest BCUT2D eigenvalue weighted by atomic mass is 35.5. The highest BCUT2D eigenvalue weighted by Gasteiger charge is 2.35. The molecule has 1 amide bonds. The van der Waals surface area contributed by atoms with Gasteiger partial charge in [-0.05, 0) is 47.9 Å². The molecule has 3 nitrogen and oxygen atoms in total. The maximum Gasteiger partial charge on any atom is 0.251 e. The molecule has 1 aliphatic carbocycles. The average molecular weight is 295 g/mol. The molecule has 0 bridgehead atoms. The van der Waals surface area contributed by atoms with Crippen molar-refractivity contribution in [2.45, 2.75) is 45.7 Å². The molecular weight excluding hydrogens is 272 g/mol. The standard InChI is InChI=1S/C16H22N2O.ClH/c1-2-16(6-3-7-16)11-18-15(19)12-4-5-13-9-17-10-14(13)8-12;/h4-5,8,17H,2-3,6-7,9-11H2,1H3,(H,18,19);1H. The van der Waals surface area contributed by atoms with Crippen LogP contribution in [0.5, 0.6) is 0 Å². The minimum atomic E-state index is 0. The maximum atomic E-state index is 12.2. The smallest absolute Gasteiger partial charge is 0.251 e. The molecule has 2 N–H and O–H groups in total. The molecular formula is C16H23ClN2O. The molecule has 1 saturated carbocycles. The van der Waals surface area contributed by atoms with Crippen LogP contribution in [0.3, 0.4) is 0 Å². The quantitative estimate of drug-likeness (QED) is 0.896. The molecule has 0 unspecified atom stereocenters. The van der Waals surface area contributed by atoms with E-state index in [1.165, 1.54) is 36.8 Å². The van der Waals surface area contributed by atoms with E-state index in [1.807, 2.05) is 12.1 Å². The highest BCUT2D eigenvalue weighted by Crippen LogP contribution is 2.43. The van der Waals surface area contributed by atoms with Crippen LogP contribution in [-0.4, -0.2) is 12.5 Å². The third-order valence-corrected chi connectivity index (χ3v) is 4.89. The maximum absolute atomic E-state index is 12.2. The van der Waals surface area contributed by atoms with Crippen molar-refractivity contribution in [3.63, 3.8) is 0 Å². The normalized spacial score (nSPS) is 18.6. The van der Waals surface area contributed by atoms with Crippen LogP contribution < -0.4 is 10.6 Å². The molecule has 0 spiro atoms. The van der Waals surface area contributed by atoms with E-state index in [2.05, 4.69) is 23.6 Å². The van der Waals surface area contributed by atoms with Crippen LogP contribution in [0.2, 0.25) is 0 Å². The molecule has 20 heavy (non-hydrogen) atoms. The minimum absolute atomic E-state index is 0. The lowest BCUT2D eigenvalue weighted by atomic mass is 9.67. The van der Waals surface area contributed by atoms with Gasteiger partial charge in [0.05, 0.1) is 0 Å². The molecule has 1 aromatic rings. The van der Waals surface area contributed by atoms with Gasteiger partial charge in [-0.1, -0.05) is 19.4 Å². The van der Waals surface area contributed by atoms with Gasteiger partial charge in [0, 0.05) is 25.2 Å². The fraction of sp³-hybridized carbons (Fsp3) is 0.562. The summed E-state index contributed by atoms with van der Waals surface area (Å²) in [6, 6.07) is 6.05. The molecule has 110 valence electrons. The van der Waals surface area contributed by atoms with Crippen molar-refractivity contribution in [3.8, 4) is 0 Å². The summed E-state index contributed by atoms with van der Waals surface area (Å²) in [6.45, 7) is 4.87. The first-order valence-electron chi connectivity index (χ1n) is 7.33. The van der Waals surface area contributed by atoms with E-state index in [9.17, 15) is 4.79 Å². The lowest BCUT2D eigenvalue weighted by molar-refractivity contribution is 0.0850. The zero-order valence-corrected chi connectivity index (χ0v) is 12.8. The minimum Gasteiger partial charge on any atom is -0.351 e. The third-order valence-electron chi connectivity index (χ3n) is 4.89. The molecule has 0 saturated heterocycles. The number of fused-ring (bicyclic) bond motifs is 1. The van der Waals surface area contributed by atoms with Crippen molar-refractivity contribution >= 4 is 18.3 Å². The van der Waals surface area contributed by atoms with Gasteiger partial charge in [0.2, 0.25) is 0 Å². The fourth-order valence-corrected chi connectivity index (χ4v) is 3.14. The number of halogens is 1. The Labute approximate surface area is 126 Å². The largest absolute Gasteiger partial charge is 0.351 e. The lowest BCUT2D eigenvalue weighted by Gasteiger charge is -2.41. The number of hydrogen-bond donors (Lipinski definition) is 2. The van der Waals surface area contributed by atoms with E-state index in [4.69, 9.17) is 0 Å². The summed E-state index contributed by atoms with van der Waals surface area (Å²) in [5.41, 5.74) is 3.77. The van der Waals surface area contributed by atoms with Crippen molar-refractivity contribution in [1.82, 2.24) is 10.6 Å². The predicted octanol–water partition coefficient (Wildman–Crippen LogP) is 3.02. The van der Waals surface area contributed by atoms with Crippen molar-refractivity contribution < 1.29 is 4.79 Å². The number of carbonyl (C=O) groups is 1. The van der Waals surface area contributed by atoms with E-state index >= 15 is 0 Å². The molecule has 3 rings (SSSR count). The molecule has 1 aromatic carbocycles. The Hall–Kier alpha value is -1.06. The third kappa shape index (κ3) is 2.84. The second kappa shape index (κ2) is 6.15. The van der Waals surface area contributed by atoms with Gasteiger partial charge in [-0.3, -0.25) is 4.79 Å². The van der Waals surface area contributed by atoms with Crippen LogP contribution in [0.4, 0.5) is 0 Å². The molecule has 1 heterocycles. The molecule has 1 fully saturated rings. The van der Waals surface area contributed by atoms with E-state index in [0.29, 0.717) is 5.41 Å². The summed E-state index contributed by atoms with van der Waals surface area (Å²) in [6.07, 6.45) is 5.01. The van der Waals surface area contributed by atoms with Gasteiger partial charge in [-0.15, -0.1) is 12.4 Å². The summed E-state index contributed by atoms with van der Waals surface area (Å²) in [5.74, 6) is 0.0782. The number of hydrogen-bond acceptors (Lipinski definition) is 2. The Bertz CT molecular complexity index is 492. The van der Waals surface area contributed by atoms with Gasteiger partial charge < -0.3 is 10.6 Å².